The SMILES string of the molecule is Cc1nnc(CNCc2ccc3c(c2)OCO3)o1. The Kier molecular flexibility index (Phi) is 2.85. The fourth-order valence-electron chi connectivity index (χ4n) is 1.77. The van der Waals surface area contributed by atoms with Crippen molar-refractivity contribution in [1.29, 1.82) is 0 Å². The highest BCUT2D eigenvalue weighted by Gasteiger charge is 2.12. The third kappa shape index (κ3) is 2.28. The predicted octanol–water partition coefficient (Wildman–Crippen LogP) is 1.40. The molecule has 0 saturated heterocycles. The Morgan fingerprint density at radius 3 is 2.89 bits per heavy atom. The van der Waals surface area contributed by atoms with Crippen LogP contribution in [-0.2, 0) is 13.1 Å². The maximum absolute atomic E-state index is 5.32. The Labute approximate surface area is 104 Å². The summed E-state index contributed by atoms with van der Waals surface area (Å²) < 4.78 is 15.8. The van der Waals surface area contributed by atoms with Crippen LogP contribution in [0.4, 0.5) is 0 Å². The van der Waals surface area contributed by atoms with Gasteiger partial charge in [0.25, 0.3) is 0 Å². The number of hydrogen-bond acceptors (Lipinski definition) is 6. The molecule has 1 aromatic heterocycles. The third-order valence-electron chi connectivity index (χ3n) is 2.61. The van der Waals surface area contributed by atoms with E-state index in [1.165, 1.54) is 0 Å². The van der Waals surface area contributed by atoms with Crippen molar-refractivity contribution in [3.8, 4) is 11.5 Å². The molecule has 0 spiro atoms. The summed E-state index contributed by atoms with van der Waals surface area (Å²) in [5.74, 6) is 2.76. The lowest BCUT2D eigenvalue weighted by molar-refractivity contribution is 0.174. The number of ether oxygens (including phenoxy) is 2. The van der Waals surface area contributed by atoms with Crippen LogP contribution < -0.4 is 14.8 Å². The van der Waals surface area contributed by atoms with Gasteiger partial charge in [0.05, 0.1) is 6.54 Å². The van der Waals surface area contributed by atoms with Gasteiger partial charge < -0.3 is 19.2 Å². The lowest BCUT2D eigenvalue weighted by Gasteiger charge is -2.03. The molecule has 18 heavy (non-hydrogen) atoms. The molecule has 1 aliphatic heterocycles. The van der Waals surface area contributed by atoms with Crippen molar-refractivity contribution in [2.45, 2.75) is 20.0 Å². The van der Waals surface area contributed by atoms with Crippen LogP contribution >= 0.6 is 0 Å². The molecule has 1 aliphatic rings. The first-order chi connectivity index (χ1) is 8.81. The van der Waals surface area contributed by atoms with E-state index in [4.69, 9.17) is 13.9 Å². The van der Waals surface area contributed by atoms with Crippen molar-refractivity contribution in [3.05, 3.63) is 35.5 Å². The number of nitrogens with one attached hydrogen (secondary N) is 1. The Morgan fingerprint density at radius 2 is 2.06 bits per heavy atom. The van der Waals surface area contributed by atoms with E-state index < -0.39 is 0 Å². The summed E-state index contributed by atoms with van der Waals surface area (Å²) in [6.07, 6.45) is 0. The van der Waals surface area contributed by atoms with Crippen LogP contribution in [0.2, 0.25) is 0 Å². The van der Waals surface area contributed by atoms with Crippen LogP contribution in [0.15, 0.2) is 22.6 Å². The Bertz CT molecular complexity index is 553. The first kappa shape index (κ1) is 11.0. The van der Waals surface area contributed by atoms with Gasteiger partial charge in [0.2, 0.25) is 18.6 Å². The van der Waals surface area contributed by atoms with Gasteiger partial charge in [-0.05, 0) is 17.7 Å². The van der Waals surface area contributed by atoms with E-state index in [9.17, 15) is 0 Å². The van der Waals surface area contributed by atoms with Crippen molar-refractivity contribution in [2.75, 3.05) is 6.79 Å². The molecule has 0 unspecified atom stereocenters. The smallest absolute Gasteiger partial charge is 0.231 e. The molecule has 3 rings (SSSR count). The summed E-state index contributed by atoms with van der Waals surface area (Å²) in [5, 5.41) is 10.9. The molecule has 1 aromatic carbocycles. The summed E-state index contributed by atoms with van der Waals surface area (Å²) in [6, 6.07) is 5.88. The molecule has 6 heteroatoms. The zero-order chi connectivity index (χ0) is 12.4. The zero-order valence-corrected chi connectivity index (χ0v) is 9.97. The van der Waals surface area contributed by atoms with Crippen molar-refractivity contribution in [2.24, 2.45) is 0 Å². The number of aryl methyl sites for hydroxylation is 1. The lowest BCUT2D eigenvalue weighted by atomic mass is 10.2. The van der Waals surface area contributed by atoms with E-state index in [0.29, 0.717) is 31.7 Å². The molecule has 2 heterocycles. The van der Waals surface area contributed by atoms with Crippen LogP contribution in [0.3, 0.4) is 0 Å². The first-order valence-electron chi connectivity index (χ1n) is 5.69. The van der Waals surface area contributed by atoms with Gasteiger partial charge in [-0.3, -0.25) is 0 Å². The van der Waals surface area contributed by atoms with Crippen LogP contribution in [0.5, 0.6) is 11.5 Å². The number of rotatable bonds is 4. The molecule has 0 radical (unpaired) electrons. The summed E-state index contributed by atoms with van der Waals surface area (Å²) in [6.45, 7) is 3.33. The minimum absolute atomic E-state index is 0.299. The topological polar surface area (TPSA) is 69.4 Å². The number of fused-ring (bicyclic) bond motifs is 1. The minimum Gasteiger partial charge on any atom is -0.454 e. The van der Waals surface area contributed by atoms with Crippen LogP contribution in [0.25, 0.3) is 0 Å². The number of aromatic nitrogens is 2. The minimum atomic E-state index is 0.299. The van der Waals surface area contributed by atoms with Crippen LogP contribution in [0, 0.1) is 6.92 Å². The highest BCUT2D eigenvalue weighted by atomic mass is 16.7. The normalized spacial score (nSPS) is 12.9. The van der Waals surface area contributed by atoms with Crippen molar-refractivity contribution in [3.63, 3.8) is 0 Å². The van der Waals surface area contributed by atoms with Gasteiger partial charge in [-0.15, -0.1) is 10.2 Å². The maximum atomic E-state index is 5.32. The van der Waals surface area contributed by atoms with E-state index in [1.54, 1.807) is 6.92 Å². The molecule has 0 aliphatic carbocycles. The van der Waals surface area contributed by atoms with Gasteiger partial charge in [-0.1, -0.05) is 6.07 Å². The van der Waals surface area contributed by atoms with Gasteiger partial charge in [0, 0.05) is 13.5 Å². The van der Waals surface area contributed by atoms with E-state index in [2.05, 4.69) is 15.5 Å². The van der Waals surface area contributed by atoms with Gasteiger partial charge in [-0.25, -0.2) is 0 Å². The second-order valence-corrected chi connectivity index (χ2v) is 4.01. The maximum Gasteiger partial charge on any atom is 0.231 e. The second-order valence-electron chi connectivity index (χ2n) is 4.01. The fourth-order valence-corrected chi connectivity index (χ4v) is 1.77. The van der Waals surface area contributed by atoms with Crippen molar-refractivity contribution in [1.82, 2.24) is 15.5 Å². The second kappa shape index (κ2) is 4.66. The summed E-state index contributed by atoms with van der Waals surface area (Å²) in [4.78, 5) is 0. The summed E-state index contributed by atoms with van der Waals surface area (Å²) >= 11 is 0. The monoisotopic (exact) mass is 247 g/mol. The standard InChI is InChI=1S/C12H13N3O3/c1-8-14-15-12(18-8)6-13-5-9-2-3-10-11(4-9)17-7-16-10/h2-4,13H,5-7H2,1H3. The summed E-state index contributed by atoms with van der Waals surface area (Å²) in [7, 11) is 0. The van der Waals surface area contributed by atoms with Crippen LogP contribution in [-0.4, -0.2) is 17.0 Å². The highest BCUT2D eigenvalue weighted by molar-refractivity contribution is 5.44. The molecular formula is C12H13N3O3. The largest absolute Gasteiger partial charge is 0.454 e. The van der Waals surface area contributed by atoms with Crippen molar-refractivity contribution >= 4 is 0 Å². The fraction of sp³-hybridized carbons (Fsp3) is 0.333. The van der Waals surface area contributed by atoms with Gasteiger partial charge in [-0.2, -0.15) is 0 Å². The molecule has 6 nitrogen and oxygen atoms in total. The van der Waals surface area contributed by atoms with E-state index >= 15 is 0 Å². The molecule has 2 aromatic rings. The van der Waals surface area contributed by atoms with E-state index in [-0.39, 0.29) is 0 Å². The van der Waals surface area contributed by atoms with E-state index in [1.807, 2.05) is 18.2 Å². The third-order valence-corrected chi connectivity index (χ3v) is 2.61. The summed E-state index contributed by atoms with van der Waals surface area (Å²) in [5.41, 5.74) is 1.12. The molecule has 1 N–H and O–H groups in total. The molecule has 0 fully saturated rings. The highest BCUT2D eigenvalue weighted by Crippen LogP contribution is 2.32. The van der Waals surface area contributed by atoms with Crippen LogP contribution in [0.1, 0.15) is 17.3 Å². The average molecular weight is 247 g/mol. The zero-order valence-electron chi connectivity index (χ0n) is 9.97. The molecule has 0 atom stereocenters. The molecule has 0 saturated carbocycles. The average Bonchev–Trinajstić information content (AvgIpc) is 2.97. The van der Waals surface area contributed by atoms with Gasteiger partial charge in [0.1, 0.15) is 0 Å². The number of benzene rings is 1. The Hall–Kier alpha value is -2.08. The lowest BCUT2D eigenvalue weighted by Crippen LogP contribution is -2.12. The molecule has 0 bridgehead atoms. The van der Waals surface area contributed by atoms with Gasteiger partial charge in [0.15, 0.2) is 11.5 Å². The molecule has 0 amide bonds. The predicted molar refractivity (Wildman–Crippen MR) is 62.1 cm³/mol. The van der Waals surface area contributed by atoms with E-state index in [0.717, 1.165) is 17.1 Å². The Balaban J connectivity index is 1.57. The molecule has 94 valence electrons. The Morgan fingerprint density at radius 1 is 1.17 bits per heavy atom. The quantitative estimate of drug-likeness (QED) is 0.880. The van der Waals surface area contributed by atoms with Crippen molar-refractivity contribution < 1.29 is 13.9 Å². The first-order valence-corrected chi connectivity index (χ1v) is 5.69. The number of hydrogen-bond donors (Lipinski definition) is 1. The number of nitrogens with zero attached hydrogens (tertiary/aromatic N) is 2. The molecular weight excluding hydrogens is 234 g/mol. The van der Waals surface area contributed by atoms with Gasteiger partial charge >= 0.3 is 0 Å².